The zero-order chi connectivity index (χ0) is 8.15. The molecule has 0 aliphatic rings. The van der Waals surface area contributed by atoms with Gasteiger partial charge in [0.15, 0.2) is 0 Å². The lowest BCUT2D eigenvalue weighted by molar-refractivity contribution is -0.117. The number of amides is 1. The summed E-state index contributed by atoms with van der Waals surface area (Å²) >= 11 is 1.46. The SMILES string of the molecule is C=CC(C)C(SC)C(N)=O. The third kappa shape index (κ3) is 2.43. The Bertz CT molecular complexity index is 136. The van der Waals surface area contributed by atoms with Crippen LogP contribution in [0.4, 0.5) is 0 Å². The van der Waals surface area contributed by atoms with Crippen LogP contribution in [-0.2, 0) is 4.79 Å². The molecule has 1 amide bonds. The van der Waals surface area contributed by atoms with Gasteiger partial charge in [-0.15, -0.1) is 6.58 Å². The van der Waals surface area contributed by atoms with Gasteiger partial charge in [0.1, 0.15) is 0 Å². The fourth-order valence-electron chi connectivity index (χ4n) is 0.714. The van der Waals surface area contributed by atoms with Crippen LogP contribution in [0.1, 0.15) is 6.92 Å². The number of hydrogen-bond acceptors (Lipinski definition) is 2. The van der Waals surface area contributed by atoms with E-state index in [0.717, 1.165) is 0 Å². The van der Waals surface area contributed by atoms with Gasteiger partial charge in [0.2, 0.25) is 5.91 Å². The molecule has 0 spiro atoms. The molecule has 0 aliphatic carbocycles. The van der Waals surface area contributed by atoms with E-state index in [1.54, 1.807) is 6.08 Å². The van der Waals surface area contributed by atoms with Gasteiger partial charge >= 0.3 is 0 Å². The minimum atomic E-state index is -0.264. The van der Waals surface area contributed by atoms with Crippen molar-refractivity contribution in [3.05, 3.63) is 12.7 Å². The summed E-state index contributed by atoms with van der Waals surface area (Å²) in [5, 5.41) is -0.127. The molecule has 0 heterocycles. The molecule has 0 aromatic carbocycles. The predicted octanol–water partition coefficient (Wildman–Crippen LogP) is 1.03. The zero-order valence-electron chi connectivity index (χ0n) is 6.33. The maximum atomic E-state index is 10.7. The highest BCUT2D eigenvalue weighted by atomic mass is 32.2. The van der Waals surface area contributed by atoms with Crippen molar-refractivity contribution in [3.63, 3.8) is 0 Å². The van der Waals surface area contributed by atoms with Crippen molar-refractivity contribution >= 4 is 17.7 Å². The summed E-state index contributed by atoms with van der Waals surface area (Å²) in [6.45, 7) is 5.52. The number of carbonyl (C=O) groups is 1. The summed E-state index contributed by atoms with van der Waals surface area (Å²) < 4.78 is 0. The molecule has 0 radical (unpaired) electrons. The fraction of sp³-hybridized carbons (Fsp3) is 0.571. The van der Waals surface area contributed by atoms with Crippen molar-refractivity contribution in [3.8, 4) is 0 Å². The Morgan fingerprint density at radius 3 is 2.40 bits per heavy atom. The highest BCUT2D eigenvalue weighted by molar-refractivity contribution is 7.99. The topological polar surface area (TPSA) is 43.1 Å². The van der Waals surface area contributed by atoms with Crippen LogP contribution in [0.2, 0.25) is 0 Å². The minimum absolute atomic E-state index is 0.127. The van der Waals surface area contributed by atoms with Crippen molar-refractivity contribution < 1.29 is 4.79 Å². The Balaban J connectivity index is 4.05. The summed E-state index contributed by atoms with van der Waals surface area (Å²) in [5.74, 6) is -0.104. The molecule has 2 unspecified atom stereocenters. The van der Waals surface area contributed by atoms with E-state index in [9.17, 15) is 4.79 Å². The largest absolute Gasteiger partial charge is 0.369 e. The number of thioether (sulfide) groups is 1. The molecule has 0 bridgehead atoms. The molecule has 0 aromatic rings. The number of nitrogens with two attached hydrogens (primary N) is 1. The van der Waals surface area contributed by atoms with Gasteiger partial charge in [0.05, 0.1) is 5.25 Å². The van der Waals surface area contributed by atoms with Gasteiger partial charge in [-0.05, 0) is 12.2 Å². The number of allylic oxidation sites excluding steroid dienone is 1. The lowest BCUT2D eigenvalue weighted by Gasteiger charge is -2.14. The summed E-state index contributed by atoms with van der Waals surface area (Å²) in [4.78, 5) is 10.7. The van der Waals surface area contributed by atoms with Crippen LogP contribution < -0.4 is 5.73 Å². The first-order valence-corrected chi connectivity index (χ1v) is 4.37. The second-order valence-electron chi connectivity index (χ2n) is 2.15. The van der Waals surface area contributed by atoms with E-state index >= 15 is 0 Å². The van der Waals surface area contributed by atoms with Gasteiger partial charge in [-0.25, -0.2) is 0 Å². The molecule has 0 rings (SSSR count). The van der Waals surface area contributed by atoms with Gasteiger partial charge < -0.3 is 5.73 Å². The highest BCUT2D eigenvalue weighted by Gasteiger charge is 2.18. The molecule has 0 fully saturated rings. The molecular weight excluding hydrogens is 146 g/mol. The predicted molar refractivity (Wildman–Crippen MR) is 45.9 cm³/mol. The van der Waals surface area contributed by atoms with E-state index in [0.29, 0.717) is 0 Å². The Hall–Kier alpha value is -0.440. The Morgan fingerprint density at radius 2 is 2.30 bits per heavy atom. The molecule has 2 N–H and O–H groups in total. The summed E-state index contributed by atoms with van der Waals surface area (Å²) in [5.41, 5.74) is 5.12. The number of carbonyl (C=O) groups excluding carboxylic acids is 1. The Kier molecular flexibility index (Phi) is 4.19. The minimum Gasteiger partial charge on any atom is -0.369 e. The maximum absolute atomic E-state index is 10.7. The van der Waals surface area contributed by atoms with Gasteiger partial charge in [0, 0.05) is 0 Å². The summed E-state index contributed by atoms with van der Waals surface area (Å²) in [6, 6.07) is 0. The van der Waals surface area contributed by atoms with E-state index in [-0.39, 0.29) is 17.1 Å². The maximum Gasteiger partial charge on any atom is 0.231 e. The first-order chi connectivity index (χ1) is 4.63. The lowest BCUT2D eigenvalue weighted by atomic mass is 10.1. The van der Waals surface area contributed by atoms with Crippen molar-refractivity contribution in [1.82, 2.24) is 0 Å². The van der Waals surface area contributed by atoms with Crippen molar-refractivity contribution in [1.29, 1.82) is 0 Å². The molecular formula is C7H13NOS. The van der Waals surface area contributed by atoms with Crippen LogP contribution in [0.3, 0.4) is 0 Å². The van der Waals surface area contributed by atoms with Crippen LogP contribution in [0.15, 0.2) is 12.7 Å². The molecule has 0 saturated heterocycles. The first kappa shape index (κ1) is 9.56. The van der Waals surface area contributed by atoms with Crippen LogP contribution in [-0.4, -0.2) is 17.4 Å². The number of hydrogen-bond donors (Lipinski definition) is 1. The van der Waals surface area contributed by atoms with E-state index in [1.807, 2.05) is 13.2 Å². The molecule has 0 aromatic heterocycles. The van der Waals surface area contributed by atoms with Gasteiger partial charge in [-0.3, -0.25) is 4.79 Å². The smallest absolute Gasteiger partial charge is 0.231 e. The third-order valence-corrected chi connectivity index (χ3v) is 2.55. The highest BCUT2D eigenvalue weighted by Crippen LogP contribution is 2.16. The fourth-order valence-corrected chi connectivity index (χ4v) is 1.49. The van der Waals surface area contributed by atoms with Crippen LogP contribution >= 0.6 is 11.8 Å². The van der Waals surface area contributed by atoms with E-state index in [2.05, 4.69) is 6.58 Å². The number of rotatable bonds is 4. The van der Waals surface area contributed by atoms with E-state index in [4.69, 9.17) is 5.73 Å². The molecule has 3 heteroatoms. The molecule has 2 nitrogen and oxygen atoms in total. The quantitative estimate of drug-likeness (QED) is 0.622. The van der Waals surface area contributed by atoms with Crippen molar-refractivity contribution in [2.75, 3.05) is 6.26 Å². The van der Waals surface area contributed by atoms with Crippen molar-refractivity contribution in [2.45, 2.75) is 12.2 Å². The van der Waals surface area contributed by atoms with Crippen molar-refractivity contribution in [2.24, 2.45) is 11.7 Å². The third-order valence-electron chi connectivity index (χ3n) is 1.38. The molecule has 10 heavy (non-hydrogen) atoms. The Labute approximate surface area is 65.9 Å². The second-order valence-corrected chi connectivity index (χ2v) is 3.13. The zero-order valence-corrected chi connectivity index (χ0v) is 7.15. The Morgan fingerprint density at radius 1 is 1.80 bits per heavy atom. The van der Waals surface area contributed by atoms with Gasteiger partial charge in [0.25, 0.3) is 0 Å². The molecule has 58 valence electrons. The van der Waals surface area contributed by atoms with E-state index < -0.39 is 0 Å². The monoisotopic (exact) mass is 159 g/mol. The molecule has 0 aliphatic heterocycles. The van der Waals surface area contributed by atoms with Gasteiger partial charge in [-0.1, -0.05) is 13.0 Å². The average molecular weight is 159 g/mol. The first-order valence-electron chi connectivity index (χ1n) is 3.08. The standard InChI is InChI=1S/C7H13NOS/c1-4-5(2)6(10-3)7(8)9/h4-6H,1H2,2-3H3,(H2,8,9). The van der Waals surface area contributed by atoms with Crippen LogP contribution in [0.25, 0.3) is 0 Å². The summed E-state index contributed by atoms with van der Waals surface area (Å²) in [6.07, 6.45) is 3.61. The van der Waals surface area contributed by atoms with Crippen LogP contribution in [0, 0.1) is 5.92 Å². The van der Waals surface area contributed by atoms with Gasteiger partial charge in [-0.2, -0.15) is 11.8 Å². The normalized spacial score (nSPS) is 15.8. The van der Waals surface area contributed by atoms with E-state index in [1.165, 1.54) is 11.8 Å². The second kappa shape index (κ2) is 4.39. The molecule has 0 saturated carbocycles. The average Bonchev–Trinajstić information content (AvgIpc) is 1.88. The number of primary amides is 1. The van der Waals surface area contributed by atoms with Crippen LogP contribution in [0.5, 0.6) is 0 Å². The molecule has 2 atom stereocenters. The summed E-state index contributed by atoms with van der Waals surface area (Å²) in [7, 11) is 0. The lowest BCUT2D eigenvalue weighted by Crippen LogP contribution is -2.30.